The van der Waals surface area contributed by atoms with E-state index in [-0.39, 0.29) is 0 Å². The fourth-order valence-corrected chi connectivity index (χ4v) is 1.80. The van der Waals surface area contributed by atoms with Gasteiger partial charge in [-0.2, -0.15) is 0 Å². The highest BCUT2D eigenvalue weighted by Crippen LogP contribution is 2.27. The van der Waals surface area contributed by atoms with Crippen LogP contribution in [0, 0.1) is 0 Å². The zero-order chi connectivity index (χ0) is 11.0. The zero-order valence-electron chi connectivity index (χ0n) is 8.35. The third-order valence-corrected chi connectivity index (χ3v) is 2.61. The molecule has 16 heavy (non-hydrogen) atoms. The molecule has 0 fully saturated rings. The van der Waals surface area contributed by atoms with Gasteiger partial charge in [0.15, 0.2) is 5.58 Å². The van der Waals surface area contributed by atoms with E-state index >= 15 is 0 Å². The van der Waals surface area contributed by atoms with E-state index in [1.807, 2.05) is 42.5 Å². The molecular weight excluding hydrogens is 222 g/mol. The number of aromatic nitrogens is 1. The normalized spacial score (nSPS) is 10.8. The van der Waals surface area contributed by atoms with Gasteiger partial charge in [-0.3, -0.25) is 0 Å². The Balaban J connectivity index is 2.19. The van der Waals surface area contributed by atoms with Gasteiger partial charge in [0.1, 0.15) is 16.4 Å². The van der Waals surface area contributed by atoms with Crippen molar-refractivity contribution in [2.75, 3.05) is 0 Å². The summed E-state index contributed by atoms with van der Waals surface area (Å²) in [6.07, 6.45) is 0. The molecule has 0 N–H and O–H groups in total. The SMILES string of the molecule is Clc1ccc2oc(-c3ccccc3)cc2n1. The predicted octanol–water partition coefficient (Wildman–Crippen LogP) is 4.15. The molecule has 0 bridgehead atoms. The van der Waals surface area contributed by atoms with Crippen molar-refractivity contribution in [2.24, 2.45) is 0 Å². The summed E-state index contributed by atoms with van der Waals surface area (Å²) >= 11 is 5.82. The van der Waals surface area contributed by atoms with Crippen molar-refractivity contribution < 1.29 is 4.42 Å². The molecule has 0 aliphatic rings. The first kappa shape index (κ1) is 9.43. The largest absolute Gasteiger partial charge is 0.454 e. The molecule has 3 rings (SSSR count). The van der Waals surface area contributed by atoms with Gasteiger partial charge in [-0.05, 0) is 12.1 Å². The van der Waals surface area contributed by atoms with E-state index in [1.54, 1.807) is 6.07 Å². The van der Waals surface area contributed by atoms with Gasteiger partial charge in [-0.25, -0.2) is 4.98 Å². The van der Waals surface area contributed by atoms with E-state index in [4.69, 9.17) is 16.0 Å². The van der Waals surface area contributed by atoms with Crippen LogP contribution in [0.2, 0.25) is 5.15 Å². The molecular formula is C13H8ClNO. The van der Waals surface area contributed by atoms with E-state index < -0.39 is 0 Å². The molecule has 0 saturated heterocycles. The number of pyridine rings is 1. The first-order valence-corrected chi connectivity index (χ1v) is 5.32. The summed E-state index contributed by atoms with van der Waals surface area (Å²) < 4.78 is 5.69. The van der Waals surface area contributed by atoms with Crippen LogP contribution < -0.4 is 0 Å². The molecule has 2 nitrogen and oxygen atoms in total. The molecule has 0 radical (unpaired) electrons. The van der Waals surface area contributed by atoms with E-state index in [0.717, 1.165) is 22.4 Å². The summed E-state index contributed by atoms with van der Waals surface area (Å²) in [5, 5.41) is 0.480. The first-order chi connectivity index (χ1) is 7.83. The summed E-state index contributed by atoms with van der Waals surface area (Å²) in [6.45, 7) is 0. The number of rotatable bonds is 1. The van der Waals surface area contributed by atoms with Crippen molar-refractivity contribution in [3.8, 4) is 11.3 Å². The number of hydrogen-bond acceptors (Lipinski definition) is 2. The smallest absolute Gasteiger partial charge is 0.153 e. The summed E-state index contributed by atoms with van der Waals surface area (Å²) in [4.78, 5) is 4.19. The Morgan fingerprint density at radius 3 is 2.62 bits per heavy atom. The molecule has 3 aromatic rings. The molecule has 0 aliphatic carbocycles. The maximum atomic E-state index is 5.82. The van der Waals surface area contributed by atoms with Crippen LogP contribution in [0.5, 0.6) is 0 Å². The van der Waals surface area contributed by atoms with E-state index in [0.29, 0.717) is 5.15 Å². The van der Waals surface area contributed by atoms with Gasteiger partial charge in [0.2, 0.25) is 0 Å². The van der Waals surface area contributed by atoms with Crippen molar-refractivity contribution in [1.82, 2.24) is 4.98 Å². The molecule has 2 aromatic heterocycles. The minimum Gasteiger partial charge on any atom is -0.454 e. The Morgan fingerprint density at radius 2 is 1.81 bits per heavy atom. The molecule has 78 valence electrons. The number of benzene rings is 1. The predicted molar refractivity (Wildman–Crippen MR) is 64.5 cm³/mol. The van der Waals surface area contributed by atoms with Crippen LogP contribution in [0.1, 0.15) is 0 Å². The molecule has 0 atom stereocenters. The van der Waals surface area contributed by atoms with Crippen LogP contribution in [-0.4, -0.2) is 4.98 Å². The van der Waals surface area contributed by atoms with Crippen molar-refractivity contribution in [1.29, 1.82) is 0 Å². The number of furan rings is 1. The number of nitrogens with zero attached hydrogens (tertiary/aromatic N) is 1. The lowest BCUT2D eigenvalue weighted by molar-refractivity contribution is 0.631. The van der Waals surface area contributed by atoms with Crippen LogP contribution in [0.4, 0.5) is 0 Å². The summed E-state index contributed by atoms with van der Waals surface area (Å²) in [6, 6.07) is 15.4. The Bertz CT molecular complexity index is 631. The van der Waals surface area contributed by atoms with E-state index in [9.17, 15) is 0 Å². The van der Waals surface area contributed by atoms with Gasteiger partial charge in [-0.1, -0.05) is 41.9 Å². The molecule has 3 heteroatoms. The molecule has 0 amide bonds. The van der Waals surface area contributed by atoms with Gasteiger partial charge in [-0.15, -0.1) is 0 Å². The van der Waals surface area contributed by atoms with E-state index in [1.165, 1.54) is 0 Å². The third-order valence-electron chi connectivity index (χ3n) is 2.40. The van der Waals surface area contributed by atoms with E-state index in [2.05, 4.69) is 4.98 Å². The zero-order valence-corrected chi connectivity index (χ0v) is 9.11. The van der Waals surface area contributed by atoms with Gasteiger partial charge >= 0.3 is 0 Å². The molecule has 0 unspecified atom stereocenters. The number of hydrogen-bond donors (Lipinski definition) is 0. The van der Waals surface area contributed by atoms with Crippen LogP contribution in [0.15, 0.2) is 52.9 Å². The molecule has 0 saturated carbocycles. The second-order valence-corrected chi connectivity index (χ2v) is 3.88. The third kappa shape index (κ3) is 1.57. The second kappa shape index (κ2) is 3.65. The Kier molecular flexibility index (Phi) is 2.15. The summed E-state index contributed by atoms with van der Waals surface area (Å²) in [7, 11) is 0. The molecule has 0 aliphatic heterocycles. The lowest BCUT2D eigenvalue weighted by Crippen LogP contribution is -1.72. The highest BCUT2D eigenvalue weighted by Gasteiger charge is 2.06. The second-order valence-electron chi connectivity index (χ2n) is 3.49. The Hall–Kier alpha value is -1.80. The molecule has 0 spiro atoms. The standard InChI is InChI=1S/C13H8ClNO/c14-13-7-6-11-10(15-13)8-12(16-11)9-4-2-1-3-5-9/h1-8H. The van der Waals surface area contributed by atoms with Crippen LogP contribution in [-0.2, 0) is 0 Å². The number of fused-ring (bicyclic) bond motifs is 1. The van der Waals surface area contributed by atoms with Gasteiger partial charge < -0.3 is 4.42 Å². The lowest BCUT2D eigenvalue weighted by atomic mass is 10.2. The van der Waals surface area contributed by atoms with Gasteiger partial charge in [0.05, 0.1) is 0 Å². The minimum atomic E-state index is 0.480. The van der Waals surface area contributed by atoms with Crippen LogP contribution >= 0.6 is 11.6 Å². The lowest BCUT2D eigenvalue weighted by Gasteiger charge is -1.93. The van der Waals surface area contributed by atoms with Crippen molar-refractivity contribution in [3.63, 3.8) is 0 Å². The quantitative estimate of drug-likeness (QED) is 0.586. The topological polar surface area (TPSA) is 26.0 Å². The maximum Gasteiger partial charge on any atom is 0.153 e. The van der Waals surface area contributed by atoms with Gasteiger partial charge in [0, 0.05) is 11.6 Å². The highest BCUT2D eigenvalue weighted by atomic mass is 35.5. The molecule has 2 heterocycles. The van der Waals surface area contributed by atoms with Crippen molar-refractivity contribution in [3.05, 3.63) is 53.7 Å². The Labute approximate surface area is 97.5 Å². The van der Waals surface area contributed by atoms with Crippen molar-refractivity contribution in [2.45, 2.75) is 0 Å². The average Bonchev–Trinajstić information content (AvgIpc) is 2.73. The monoisotopic (exact) mass is 229 g/mol. The first-order valence-electron chi connectivity index (χ1n) is 4.94. The fraction of sp³-hybridized carbons (Fsp3) is 0. The summed E-state index contributed by atoms with van der Waals surface area (Å²) in [5.41, 5.74) is 2.58. The Morgan fingerprint density at radius 1 is 1.00 bits per heavy atom. The van der Waals surface area contributed by atoms with Crippen molar-refractivity contribution >= 4 is 22.7 Å². The number of halogens is 1. The minimum absolute atomic E-state index is 0.480. The maximum absolute atomic E-state index is 5.82. The van der Waals surface area contributed by atoms with Crippen LogP contribution in [0.25, 0.3) is 22.4 Å². The van der Waals surface area contributed by atoms with Gasteiger partial charge in [0.25, 0.3) is 0 Å². The average molecular weight is 230 g/mol. The fourth-order valence-electron chi connectivity index (χ4n) is 1.64. The molecule has 1 aromatic carbocycles. The highest BCUT2D eigenvalue weighted by molar-refractivity contribution is 6.29. The van der Waals surface area contributed by atoms with Crippen LogP contribution in [0.3, 0.4) is 0 Å². The summed E-state index contributed by atoms with van der Waals surface area (Å²) in [5.74, 6) is 0.811.